The van der Waals surface area contributed by atoms with Crippen LogP contribution in [0.3, 0.4) is 0 Å². The summed E-state index contributed by atoms with van der Waals surface area (Å²) in [7, 11) is -1.13. The topological polar surface area (TPSA) is 78.8 Å². The number of pyridine rings is 1. The molecule has 8 heteroatoms. The molecule has 0 radical (unpaired) electrons. The second-order valence-electron chi connectivity index (χ2n) is 8.66. The van der Waals surface area contributed by atoms with Crippen LogP contribution in [0.1, 0.15) is 5.69 Å². The van der Waals surface area contributed by atoms with E-state index in [1.54, 1.807) is 0 Å². The molecule has 0 saturated heterocycles. The molecule has 2 N–H and O–H groups in total. The molecule has 0 amide bonds. The molecule has 3 heterocycles. The van der Waals surface area contributed by atoms with E-state index in [-0.39, 0.29) is 0 Å². The number of hydrogen-bond acceptors (Lipinski definition) is 6. The summed E-state index contributed by atoms with van der Waals surface area (Å²) in [4.78, 5) is 13.8. The number of nitrogen functional groups attached to an aromatic ring is 1. The van der Waals surface area contributed by atoms with E-state index < -0.39 is 8.07 Å². The van der Waals surface area contributed by atoms with Gasteiger partial charge in [0.1, 0.15) is 12.4 Å². The lowest BCUT2D eigenvalue weighted by molar-refractivity contribution is 0.0882. The van der Waals surface area contributed by atoms with Crippen LogP contribution in [0.5, 0.6) is 0 Å². The Morgan fingerprint density at radius 3 is 2.73 bits per heavy atom. The number of nitrogens with zero attached hydrogens (tertiary/aromatic N) is 4. The van der Waals surface area contributed by atoms with Crippen molar-refractivity contribution in [2.24, 2.45) is 0 Å². The molecule has 0 saturated carbocycles. The highest BCUT2D eigenvalue weighted by molar-refractivity contribution is 7.22. The quantitative estimate of drug-likeness (QED) is 0.308. The van der Waals surface area contributed by atoms with Crippen molar-refractivity contribution < 1.29 is 4.74 Å². The van der Waals surface area contributed by atoms with Crippen LogP contribution in [0.4, 0.5) is 5.13 Å². The average molecular weight is 438 g/mol. The van der Waals surface area contributed by atoms with E-state index in [4.69, 9.17) is 20.4 Å². The van der Waals surface area contributed by atoms with Gasteiger partial charge in [0.25, 0.3) is 0 Å². The fourth-order valence-corrected chi connectivity index (χ4v) is 4.81. The largest absolute Gasteiger partial charge is 0.375 e. The average Bonchev–Trinajstić information content (AvgIpc) is 3.26. The van der Waals surface area contributed by atoms with Crippen LogP contribution in [0.15, 0.2) is 42.7 Å². The fourth-order valence-electron chi connectivity index (χ4n) is 3.28. The molecule has 0 spiro atoms. The maximum Gasteiger partial charge on any atom is 0.181 e. The van der Waals surface area contributed by atoms with E-state index in [0.29, 0.717) is 11.9 Å². The minimum atomic E-state index is -1.13. The zero-order valence-electron chi connectivity index (χ0n) is 17.8. The minimum absolute atomic E-state index is 0.460. The molecule has 0 aliphatic carbocycles. The Hall–Kier alpha value is -2.55. The van der Waals surface area contributed by atoms with Crippen molar-refractivity contribution in [1.82, 2.24) is 19.5 Å². The second-order valence-corrected chi connectivity index (χ2v) is 15.3. The van der Waals surface area contributed by atoms with Crippen molar-refractivity contribution in [3.05, 3.63) is 48.4 Å². The van der Waals surface area contributed by atoms with E-state index in [1.807, 2.05) is 37.5 Å². The summed E-state index contributed by atoms with van der Waals surface area (Å²) in [5.74, 6) is 0. The van der Waals surface area contributed by atoms with E-state index in [0.717, 1.165) is 51.2 Å². The third-order valence-corrected chi connectivity index (χ3v) is 7.43. The highest BCUT2D eigenvalue weighted by Gasteiger charge is 2.18. The smallest absolute Gasteiger partial charge is 0.181 e. The summed E-state index contributed by atoms with van der Waals surface area (Å²) in [5.41, 5.74) is 11.5. The Kier molecular flexibility index (Phi) is 5.72. The van der Waals surface area contributed by atoms with E-state index >= 15 is 0 Å². The molecule has 156 valence electrons. The number of aromatic nitrogens is 4. The van der Waals surface area contributed by atoms with E-state index in [9.17, 15) is 0 Å². The van der Waals surface area contributed by atoms with E-state index in [1.165, 1.54) is 11.3 Å². The maximum absolute atomic E-state index is 6.03. The van der Waals surface area contributed by atoms with Gasteiger partial charge < -0.3 is 15.0 Å². The molecule has 1 aromatic carbocycles. The molecular weight excluding hydrogens is 410 g/mol. The SMILES string of the molecule is Cc1cccc(-c2ncn(COCC[Si](C)(C)C)c2-c2ccc3nc(N)sc3c2)n1. The van der Waals surface area contributed by atoms with Gasteiger partial charge in [-0.05, 0) is 37.2 Å². The predicted molar refractivity (Wildman–Crippen MR) is 127 cm³/mol. The number of benzene rings is 1. The minimum Gasteiger partial charge on any atom is -0.375 e. The first kappa shape index (κ1) is 20.7. The van der Waals surface area contributed by atoms with Crippen molar-refractivity contribution in [3.63, 3.8) is 0 Å². The summed E-state index contributed by atoms with van der Waals surface area (Å²) in [6.45, 7) is 10.3. The molecule has 4 rings (SSSR count). The Labute approximate surface area is 181 Å². The second kappa shape index (κ2) is 8.29. The lowest BCUT2D eigenvalue weighted by Gasteiger charge is -2.16. The van der Waals surface area contributed by atoms with Crippen molar-refractivity contribution in [1.29, 1.82) is 0 Å². The Morgan fingerprint density at radius 2 is 1.97 bits per heavy atom. The van der Waals surface area contributed by atoms with Gasteiger partial charge in [0.2, 0.25) is 0 Å². The predicted octanol–water partition coefficient (Wildman–Crippen LogP) is 5.42. The Balaban J connectivity index is 1.73. The number of thiazole rings is 1. The standard InChI is InChI=1S/C22H27N5OSSi/c1-15-6-5-7-18(25-15)20-21(16-8-9-17-19(12-16)29-22(23)26-17)27(13-24-20)14-28-10-11-30(2,3)4/h5-9,12-13H,10-11,14H2,1-4H3,(H2,23,26). The summed E-state index contributed by atoms with van der Waals surface area (Å²) in [6.07, 6.45) is 1.84. The number of fused-ring (bicyclic) bond motifs is 1. The van der Waals surface area contributed by atoms with Gasteiger partial charge in [-0.2, -0.15) is 0 Å². The van der Waals surface area contributed by atoms with Crippen molar-refractivity contribution in [3.8, 4) is 22.6 Å². The normalized spacial score (nSPS) is 12.0. The number of nitrogens with two attached hydrogens (primary N) is 1. The van der Waals surface area contributed by atoms with Gasteiger partial charge in [0, 0.05) is 25.9 Å². The third kappa shape index (κ3) is 4.61. The monoisotopic (exact) mass is 437 g/mol. The zero-order valence-corrected chi connectivity index (χ0v) is 19.7. The number of hydrogen-bond donors (Lipinski definition) is 1. The van der Waals surface area contributed by atoms with Crippen molar-refractivity contribution in [2.45, 2.75) is 39.3 Å². The van der Waals surface area contributed by atoms with Crippen LogP contribution >= 0.6 is 11.3 Å². The third-order valence-electron chi connectivity index (χ3n) is 4.87. The van der Waals surface area contributed by atoms with Gasteiger partial charge in [-0.15, -0.1) is 0 Å². The number of anilines is 1. The molecule has 4 aromatic rings. The van der Waals surface area contributed by atoms with Crippen LogP contribution in [0.25, 0.3) is 32.9 Å². The molecule has 3 aromatic heterocycles. The van der Waals surface area contributed by atoms with Crippen LogP contribution in [0.2, 0.25) is 25.7 Å². The van der Waals surface area contributed by atoms with E-state index in [2.05, 4.69) is 41.3 Å². The van der Waals surface area contributed by atoms with Crippen LogP contribution in [0, 0.1) is 6.92 Å². The van der Waals surface area contributed by atoms with Crippen LogP contribution < -0.4 is 5.73 Å². The molecule has 0 unspecified atom stereocenters. The number of imidazole rings is 1. The van der Waals surface area contributed by atoms with Crippen LogP contribution in [-0.2, 0) is 11.5 Å². The van der Waals surface area contributed by atoms with Gasteiger partial charge in [-0.3, -0.25) is 4.98 Å². The fraction of sp³-hybridized carbons (Fsp3) is 0.318. The summed E-state index contributed by atoms with van der Waals surface area (Å²) >= 11 is 1.49. The molecule has 6 nitrogen and oxygen atoms in total. The number of rotatable bonds is 7. The zero-order chi connectivity index (χ0) is 21.3. The summed E-state index contributed by atoms with van der Waals surface area (Å²) in [5, 5.41) is 0.575. The molecule has 30 heavy (non-hydrogen) atoms. The van der Waals surface area contributed by atoms with Gasteiger partial charge in [0.05, 0.1) is 27.9 Å². The van der Waals surface area contributed by atoms with Crippen LogP contribution in [-0.4, -0.2) is 34.2 Å². The molecular formula is C22H27N5OSSi. The first-order valence-electron chi connectivity index (χ1n) is 10.0. The molecule has 0 aliphatic rings. The first-order chi connectivity index (χ1) is 14.3. The summed E-state index contributed by atoms with van der Waals surface area (Å²) in [6, 6.07) is 13.3. The van der Waals surface area contributed by atoms with Crippen molar-refractivity contribution >= 4 is 34.8 Å². The molecule has 0 atom stereocenters. The van der Waals surface area contributed by atoms with Crippen molar-refractivity contribution in [2.75, 3.05) is 12.3 Å². The first-order valence-corrected chi connectivity index (χ1v) is 14.6. The highest BCUT2D eigenvalue weighted by atomic mass is 32.1. The van der Waals surface area contributed by atoms with Gasteiger partial charge in [0.15, 0.2) is 5.13 Å². The lowest BCUT2D eigenvalue weighted by Crippen LogP contribution is -2.22. The van der Waals surface area contributed by atoms with Gasteiger partial charge in [-0.1, -0.05) is 43.1 Å². The maximum atomic E-state index is 6.03. The Bertz CT molecular complexity index is 1180. The van der Waals surface area contributed by atoms with Gasteiger partial charge >= 0.3 is 0 Å². The lowest BCUT2D eigenvalue weighted by atomic mass is 10.1. The molecule has 0 aliphatic heterocycles. The summed E-state index contributed by atoms with van der Waals surface area (Å²) < 4.78 is 9.15. The molecule has 0 bridgehead atoms. The number of aryl methyl sites for hydroxylation is 1. The van der Waals surface area contributed by atoms with Gasteiger partial charge in [-0.25, -0.2) is 9.97 Å². The molecule has 0 fully saturated rings. The number of ether oxygens (including phenoxy) is 1. The highest BCUT2D eigenvalue weighted by Crippen LogP contribution is 2.34. The Morgan fingerprint density at radius 1 is 1.13 bits per heavy atom.